The maximum absolute atomic E-state index is 11.3. The highest BCUT2D eigenvalue weighted by Gasteiger charge is 2.11. The minimum Gasteiger partial charge on any atom is -0.465 e. The van der Waals surface area contributed by atoms with Crippen molar-refractivity contribution in [2.45, 2.75) is 6.92 Å². The number of hydrogen-bond donors (Lipinski definition) is 1. The second-order valence-electron chi connectivity index (χ2n) is 3.79. The lowest BCUT2D eigenvalue weighted by Gasteiger charge is -2.06. The van der Waals surface area contributed by atoms with Gasteiger partial charge in [-0.25, -0.2) is 9.78 Å². The third kappa shape index (κ3) is 2.89. The van der Waals surface area contributed by atoms with Gasteiger partial charge < -0.3 is 10.1 Å². The molecule has 0 unspecified atom stereocenters. The van der Waals surface area contributed by atoms with Gasteiger partial charge in [0, 0.05) is 5.69 Å². The Hall–Kier alpha value is -2.39. The standard InChI is InChI=1S/C13H11N3O2S/c1-8-3-4-9(6-14)5-10(8)16-13-15-7-11(19-13)12(17)18-2/h3-5,7H,1-2H3,(H,15,16). The zero-order chi connectivity index (χ0) is 13.8. The van der Waals surface area contributed by atoms with Gasteiger partial charge in [-0.3, -0.25) is 0 Å². The van der Waals surface area contributed by atoms with Crippen molar-refractivity contribution in [3.05, 3.63) is 40.4 Å². The van der Waals surface area contributed by atoms with Gasteiger partial charge in [-0.05, 0) is 24.6 Å². The highest BCUT2D eigenvalue weighted by atomic mass is 32.1. The number of nitrogens with zero attached hydrogens (tertiary/aromatic N) is 2. The summed E-state index contributed by atoms with van der Waals surface area (Å²) in [6.07, 6.45) is 1.46. The zero-order valence-corrected chi connectivity index (χ0v) is 11.2. The van der Waals surface area contributed by atoms with Crippen molar-refractivity contribution in [3.63, 3.8) is 0 Å². The van der Waals surface area contributed by atoms with Gasteiger partial charge in [-0.2, -0.15) is 5.26 Å². The lowest BCUT2D eigenvalue weighted by atomic mass is 10.1. The van der Waals surface area contributed by atoms with Crippen LogP contribution < -0.4 is 5.32 Å². The number of methoxy groups -OCH3 is 1. The van der Waals surface area contributed by atoms with Gasteiger partial charge in [0.25, 0.3) is 0 Å². The third-order valence-electron chi connectivity index (χ3n) is 2.50. The fourth-order valence-corrected chi connectivity index (χ4v) is 2.22. The number of thiazole rings is 1. The summed E-state index contributed by atoms with van der Waals surface area (Å²) in [5, 5.41) is 12.6. The molecule has 1 aromatic carbocycles. The van der Waals surface area contributed by atoms with Gasteiger partial charge in [0.15, 0.2) is 5.13 Å². The van der Waals surface area contributed by atoms with Gasteiger partial charge in [-0.15, -0.1) is 0 Å². The first-order chi connectivity index (χ1) is 9.13. The molecule has 2 aromatic rings. The molecular weight excluding hydrogens is 262 g/mol. The molecule has 6 heteroatoms. The Bertz CT molecular complexity index is 658. The Kier molecular flexibility index (Phi) is 3.78. The van der Waals surface area contributed by atoms with E-state index in [0.29, 0.717) is 15.6 Å². The summed E-state index contributed by atoms with van der Waals surface area (Å²) in [5.74, 6) is -0.409. The summed E-state index contributed by atoms with van der Waals surface area (Å²) in [7, 11) is 1.33. The molecule has 0 aliphatic rings. The van der Waals surface area contributed by atoms with Crippen LogP contribution in [0, 0.1) is 18.3 Å². The molecule has 0 bridgehead atoms. The number of aromatic nitrogens is 1. The average molecular weight is 273 g/mol. The number of anilines is 2. The van der Waals surface area contributed by atoms with Gasteiger partial charge in [0.05, 0.1) is 24.9 Å². The van der Waals surface area contributed by atoms with Crippen LogP contribution in [0.25, 0.3) is 0 Å². The number of nitrogens with one attached hydrogen (secondary N) is 1. The lowest BCUT2D eigenvalue weighted by Crippen LogP contribution is -1.96. The second-order valence-corrected chi connectivity index (χ2v) is 4.82. The van der Waals surface area contributed by atoms with Crippen LogP contribution in [0.4, 0.5) is 10.8 Å². The minimum atomic E-state index is -0.409. The number of esters is 1. The van der Waals surface area contributed by atoms with Crippen molar-refractivity contribution < 1.29 is 9.53 Å². The normalized spacial score (nSPS) is 9.74. The predicted molar refractivity (Wildman–Crippen MR) is 72.6 cm³/mol. The van der Waals surface area contributed by atoms with E-state index in [0.717, 1.165) is 11.3 Å². The van der Waals surface area contributed by atoms with Gasteiger partial charge in [0.2, 0.25) is 0 Å². The van der Waals surface area contributed by atoms with Crippen molar-refractivity contribution in [3.8, 4) is 6.07 Å². The second kappa shape index (κ2) is 5.50. The van der Waals surface area contributed by atoms with Crippen LogP contribution in [0.5, 0.6) is 0 Å². The monoisotopic (exact) mass is 273 g/mol. The molecule has 96 valence electrons. The largest absolute Gasteiger partial charge is 0.465 e. The van der Waals surface area contributed by atoms with Crippen LogP contribution in [0.2, 0.25) is 0 Å². The highest BCUT2D eigenvalue weighted by molar-refractivity contribution is 7.17. The molecule has 1 N–H and O–H groups in total. The molecule has 0 aliphatic heterocycles. The SMILES string of the molecule is COC(=O)c1cnc(Nc2cc(C#N)ccc2C)s1. The highest BCUT2D eigenvalue weighted by Crippen LogP contribution is 2.25. The number of ether oxygens (including phenoxy) is 1. The van der Waals surface area contributed by atoms with Crippen molar-refractivity contribution in [2.75, 3.05) is 12.4 Å². The molecule has 0 aliphatic carbocycles. The van der Waals surface area contributed by atoms with Gasteiger partial charge >= 0.3 is 5.97 Å². The van der Waals surface area contributed by atoms with E-state index in [1.54, 1.807) is 12.1 Å². The Balaban J connectivity index is 2.24. The Labute approximate surface area is 114 Å². The first kappa shape index (κ1) is 13.1. The molecule has 2 rings (SSSR count). The van der Waals surface area contributed by atoms with Crippen LogP contribution >= 0.6 is 11.3 Å². The molecule has 19 heavy (non-hydrogen) atoms. The van der Waals surface area contributed by atoms with E-state index < -0.39 is 5.97 Å². The Morgan fingerprint density at radius 2 is 2.32 bits per heavy atom. The quantitative estimate of drug-likeness (QED) is 0.870. The van der Waals surface area contributed by atoms with Crippen LogP contribution in [-0.4, -0.2) is 18.1 Å². The fourth-order valence-electron chi connectivity index (χ4n) is 1.47. The number of benzene rings is 1. The van der Waals surface area contributed by atoms with Gasteiger partial charge in [-0.1, -0.05) is 17.4 Å². The van der Waals surface area contributed by atoms with E-state index in [2.05, 4.69) is 21.1 Å². The number of carbonyl (C=O) groups excluding carboxylic acids is 1. The molecule has 5 nitrogen and oxygen atoms in total. The van der Waals surface area contributed by atoms with Crippen molar-refractivity contribution in [1.82, 2.24) is 4.98 Å². The third-order valence-corrected chi connectivity index (χ3v) is 3.39. The zero-order valence-electron chi connectivity index (χ0n) is 10.4. The van der Waals surface area contributed by atoms with Crippen LogP contribution in [-0.2, 0) is 4.74 Å². The molecule has 0 fully saturated rings. The van der Waals surface area contributed by atoms with E-state index in [1.807, 2.05) is 13.0 Å². The molecular formula is C13H11N3O2S. The number of nitriles is 1. The summed E-state index contributed by atoms with van der Waals surface area (Å²) in [6, 6.07) is 7.44. The van der Waals surface area contributed by atoms with E-state index in [9.17, 15) is 4.79 Å². The predicted octanol–water partition coefficient (Wildman–Crippen LogP) is 2.85. The van der Waals surface area contributed by atoms with E-state index >= 15 is 0 Å². The summed E-state index contributed by atoms with van der Waals surface area (Å²) >= 11 is 1.20. The van der Waals surface area contributed by atoms with Crippen molar-refractivity contribution in [2.24, 2.45) is 0 Å². The molecule has 0 saturated carbocycles. The van der Waals surface area contributed by atoms with E-state index in [4.69, 9.17) is 5.26 Å². The molecule has 0 radical (unpaired) electrons. The maximum Gasteiger partial charge on any atom is 0.349 e. The Morgan fingerprint density at radius 1 is 1.53 bits per heavy atom. The van der Waals surface area contributed by atoms with Crippen LogP contribution in [0.15, 0.2) is 24.4 Å². The fraction of sp³-hybridized carbons (Fsp3) is 0.154. The molecule has 1 heterocycles. The first-order valence-electron chi connectivity index (χ1n) is 5.46. The molecule has 0 spiro atoms. The molecule has 0 saturated heterocycles. The molecule has 0 atom stereocenters. The number of hydrogen-bond acceptors (Lipinski definition) is 6. The van der Waals surface area contributed by atoms with E-state index in [1.165, 1.54) is 24.6 Å². The first-order valence-corrected chi connectivity index (χ1v) is 6.27. The average Bonchev–Trinajstić information content (AvgIpc) is 2.89. The smallest absolute Gasteiger partial charge is 0.349 e. The van der Waals surface area contributed by atoms with E-state index in [-0.39, 0.29) is 0 Å². The van der Waals surface area contributed by atoms with Crippen molar-refractivity contribution >= 4 is 28.1 Å². The Morgan fingerprint density at radius 3 is 3.00 bits per heavy atom. The van der Waals surface area contributed by atoms with Crippen LogP contribution in [0.1, 0.15) is 20.8 Å². The van der Waals surface area contributed by atoms with Gasteiger partial charge in [0.1, 0.15) is 4.88 Å². The summed E-state index contributed by atoms with van der Waals surface area (Å²) in [5.41, 5.74) is 2.36. The summed E-state index contributed by atoms with van der Waals surface area (Å²) in [4.78, 5) is 15.9. The lowest BCUT2D eigenvalue weighted by molar-refractivity contribution is 0.0606. The molecule has 1 aromatic heterocycles. The summed E-state index contributed by atoms with van der Waals surface area (Å²) < 4.78 is 4.62. The maximum atomic E-state index is 11.3. The number of aryl methyl sites for hydroxylation is 1. The van der Waals surface area contributed by atoms with Crippen LogP contribution in [0.3, 0.4) is 0 Å². The molecule has 0 amide bonds. The minimum absolute atomic E-state index is 0.409. The summed E-state index contributed by atoms with van der Waals surface area (Å²) in [6.45, 7) is 1.93. The van der Waals surface area contributed by atoms with Crippen molar-refractivity contribution in [1.29, 1.82) is 5.26 Å². The number of rotatable bonds is 3. The number of carbonyl (C=O) groups is 1. The topological polar surface area (TPSA) is 75.0 Å².